The van der Waals surface area contributed by atoms with E-state index in [4.69, 9.17) is 4.98 Å². The van der Waals surface area contributed by atoms with Gasteiger partial charge in [-0.15, -0.1) is 0 Å². The second-order valence-corrected chi connectivity index (χ2v) is 8.44. The van der Waals surface area contributed by atoms with Crippen LogP contribution in [0.5, 0.6) is 0 Å². The molecular weight excluding hydrogens is 384 g/mol. The van der Waals surface area contributed by atoms with E-state index in [0.29, 0.717) is 12.1 Å². The highest BCUT2D eigenvalue weighted by Gasteiger charge is 2.22. The first-order valence-corrected chi connectivity index (χ1v) is 10.9. The molecule has 0 fully saturated rings. The number of carbonyl (C=O) groups excluding carboxylic acids is 1. The van der Waals surface area contributed by atoms with E-state index in [1.54, 1.807) is 0 Å². The molecule has 0 saturated carbocycles. The van der Waals surface area contributed by atoms with Crippen LogP contribution < -0.4 is 5.32 Å². The van der Waals surface area contributed by atoms with Gasteiger partial charge in [-0.1, -0.05) is 54.6 Å². The third-order valence-electron chi connectivity index (χ3n) is 6.46. The molecule has 5 heteroatoms. The highest BCUT2D eigenvalue weighted by molar-refractivity contribution is 6.06. The lowest BCUT2D eigenvalue weighted by atomic mass is 9.99. The molecule has 0 saturated heterocycles. The minimum atomic E-state index is -0.0192. The van der Waals surface area contributed by atoms with Crippen LogP contribution in [0.25, 0.3) is 22.4 Å². The average molecular weight is 409 g/mol. The Hall–Kier alpha value is -3.44. The van der Waals surface area contributed by atoms with Crippen LogP contribution in [-0.4, -0.2) is 33.4 Å². The zero-order valence-electron chi connectivity index (χ0n) is 17.3. The molecule has 1 aromatic heterocycles. The highest BCUT2D eigenvalue weighted by Crippen LogP contribution is 2.29. The van der Waals surface area contributed by atoms with Crippen LogP contribution in [-0.2, 0) is 26.1 Å². The van der Waals surface area contributed by atoms with Gasteiger partial charge in [0.2, 0.25) is 0 Å². The van der Waals surface area contributed by atoms with Crippen LogP contribution >= 0.6 is 0 Å². The molecule has 1 N–H and O–H groups in total. The van der Waals surface area contributed by atoms with Gasteiger partial charge in [0.1, 0.15) is 5.82 Å². The van der Waals surface area contributed by atoms with E-state index in [2.05, 4.69) is 63.3 Å². The van der Waals surface area contributed by atoms with Gasteiger partial charge < -0.3 is 9.88 Å². The first-order valence-electron chi connectivity index (χ1n) is 10.9. The molecule has 0 aliphatic carbocycles. The predicted molar refractivity (Wildman–Crippen MR) is 122 cm³/mol. The van der Waals surface area contributed by atoms with Gasteiger partial charge >= 0.3 is 0 Å². The van der Waals surface area contributed by atoms with Crippen molar-refractivity contribution in [1.29, 1.82) is 0 Å². The molecule has 154 valence electrons. The summed E-state index contributed by atoms with van der Waals surface area (Å²) in [6.07, 6.45) is 1.12. The van der Waals surface area contributed by atoms with Gasteiger partial charge in [0.05, 0.1) is 16.6 Å². The van der Waals surface area contributed by atoms with Crippen molar-refractivity contribution in [1.82, 2.24) is 19.8 Å². The summed E-state index contributed by atoms with van der Waals surface area (Å²) in [5.74, 6) is 0.909. The summed E-state index contributed by atoms with van der Waals surface area (Å²) in [4.78, 5) is 19.8. The number of amides is 1. The summed E-state index contributed by atoms with van der Waals surface area (Å²) in [5.41, 5.74) is 7.85. The van der Waals surface area contributed by atoms with E-state index in [1.165, 1.54) is 16.7 Å². The summed E-state index contributed by atoms with van der Waals surface area (Å²) in [5, 5.41) is 2.98. The van der Waals surface area contributed by atoms with E-state index < -0.39 is 0 Å². The Balaban J connectivity index is 1.28. The Morgan fingerprint density at radius 3 is 2.61 bits per heavy atom. The van der Waals surface area contributed by atoms with Crippen molar-refractivity contribution in [3.05, 3.63) is 89.0 Å². The van der Waals surface area contributed by atoms with E-state index in [-0.39, 0.29) is 5.91 Å². The second kappa shape index (κ2) is 7.36. The van der Waals surface area contributed by atoms with Crippen LogP contribution in [0, 0.1) is 0 Å². The van der Waals surface area contributed by atoms with Gasteiger partial charge in [-0.3, -0.25) is 9.69 Å². The number of fused-ring (bicyclic) bond motifs is 1. The molecule has 0 radical (unpaired) electrons. The maximum absolute atomic E-state index is 12.4. The largest absolute Gasteiger partial charge is 0.350 e. The molecule has 3 heterocycles. The van der Waals surface area contributed by atoms with Gasteiger partial charge in [0, 0.05) is 38.3 Å². The minimum absolute atomic E-state index is 0.0192. The molecule has 0 bridgehead atoms. The molecule has 31 heavy (non-hydrogen) atoms. The van der Waals surface area contributed by atoms with Crippen LogP contribution in [0.3, 0.4) is 0 Å². The zero-order chi connectivity index (χ0) is 20.8. The van der Waals surface area contributed by atoms with Gasteiger partial charge in [0.15, 0.2) is 0 Å². The number of carbonyl (C=O) groups is 1. The van der Waals surface area contributed by atoms with Crippen LogP contribution in [0.15, 0.2) is 66.7 Å². The average Bonchev–Trinajstić information content (AvgIpc) is 3.09. The van der Waals surface area contributed by atoms with Crippen molar-refractivity contribution in [3.63, 3.8) is 0 Å². The minimum Gasteiger partial charge on any atom is -0.350 e. The number of nitrogens with zero attached hydrogens (tertiary/aromatic N) is 3. The van der Waals surface area contributed by atoms with Crippen molar-refractivity contribution < 1.29 is 4.79 Å². The molecule has 0 spiro atoms. The molecule has 2 aliphatic heterocycles. The third-order valence-corrected chi connectivity index (χ3v) is 6.46. The highest BCUT2D eigenvalue weighted by atomic mass is 16.1. The van der Waals surface area contributed by atoms with Crippen LogP contribution in [0.1, 0.15) is 27.0 Å². The maximum atomic E-state index is 12.4. The molecule has 0 unspecified atom stereocenters. The molecule has 5 nitrogen and oxygen atoms in total. The number of rotatable bonds is 3. The maximum Gasteiger partial charge on any atom is 0.253 e. The molecule has 6 rings (SSSR count). The van der Waals surface area contributed by atoms with Crippen molar-refractivity contribution >= 4 is 16.9 Å². The number of imidazole rings is 1. The fourth-order valence-electron chi connectivity index (χ4n) is 4.89. The summed E-state index contributed by atoms with van der Waals surface area (Å²) in [7, 11) is 0. The molecule has 1 amide bonds. The zero-order valence-corrected chi connectivity index (χ0v) is 17.3. The number of hydrogen-bond acceptors (Lipinski definition) is 3. The fraction of sp³-hybridized carbons (Fsp3) is 0.231. The van der Waals surface area contributed by atoms with Gasteiger partial charge in [-0.2, -0.15) is 0 Å². The second-order valence-electron chi connectivity index (χ2n) is 8.44. The van der Waals surface area contributed by atoms with Crippen LogP contribution in [0.4, 0.5) is 0 Å². The summed E-state index contributed by atoms with van der Waals surface area (Å²) in [6.45, 7) is 4.40. The van der Waals surface area contributed by atoms with Crippen molar-refractivity contribution in [2.75, 3.05) is 13.1 Å². The van der Waals surface area contributed by atoms with Crippen LogP contribution in [0.2, 0.25) is 0 Å². The lowest BCUT2D eigenvalue weighted by Gasteiger charge is -2.28. The first-order chi connectivity index (χ1) is 15.3. The van der Waals surface area contributed by atoms with E-state index in [1.807, 2.05) is 18.2 Å². The Bertz CT molecular complexity index is 1290. The van der Waals surface area contributed by atoms with E-state index >= 15 is 0 Å². The lowest BCUT2D eigenvalue weighted by molar-refractivity contribution is 0.0956. The van der Waals surface area contributed by atoms with E-state index in [0.717, 1.165) is 55.0 Å². The Labute approximate surface area is 181 Å². The number of nitrogens with one attached hydrogen (secondary N) is 1. The van der Waals surface area contributed by atoms with Gasteiger partial charge in [-0.25, -0.2) is 4.98 Å². The quantitative estimate of drug-likeness (QED) is 0.557. The number of hydrogen-bond donors (Lipinski definition) is 1. The van der Waals surface area contributed by atoms with Gasteiger partial charge in [0.25, 0.3) is 5.91 Å². The van der Waals surface area contributed by atoms with Crippen molar-refractivity contribution in [3.8, 4) is 11.4 Å². The van der Waals surface area contributed by atoms with Crippen molar-refractivity contribution in [2.24, 2.45) is 0 Å². The van der Waals surface area contributed by atoms with E-state index in [9.17, 15) is 4.79 Å². The topological polar surface area (TPSA) is 50.2 Å². The number of aromatic nitrogens is 2. The first kappa shape index (κ1) is 18.3. The smallest absolute Gasteiger partial charge is 0.253 e. The summed E-state index contributed by atoms with van der Waals surface area (Å²) in [6, 6.07) is 23.3. The fourth-order valence-corrected chi connectivity index (χ4v) is 4.89. The Morgan fingerprint density at radius 1 is 0.903 bits per heavy atom. The third kappa shape index (κ3) is 3.22. The lowest BCUT2D eigenvalue weighted by Crippen LogP contribution is -2.29. The molecule has 3 aromatic carbocycles. The molecule has 4 aromatic rings. The predicted octanol–water partition coefficient (Wildman–Crippen LogP) is 4.01. The molecule has 2 aliphatic rings. The molecular formula is C26H24N4O. The SMILES string of the molecule is O=C1NCCn2c(-c3ccc(CN4CCc5ccccc5C4)cc3)nc3cccc1c32. The summed E-state index contributed by atoms with van der Waals surface area (Å²) >= 11 is 0. The number of benzene rings is 3. The van der Waals surface area contributed by atoms with Crippen molar-refractivity contribution in [2.45, 2.75) is 26.1 Å². The Morgan fingerprint density at radius 2 is 1.74 bits per heavy atom. The monoisotopic (exact) mass is 408 g/mol. The Kier molecular flexibility index (Phi) is 4.35. The van der Waals surface area contributed by atoms with Gasteiger partial charge in [-0.05, 0) is 35.2 Å². The normalized spacial score (nSPS) is 16.1. The summed E-state index contributed by atoms with van der Waals surface area (Å²) < 4.78 is 2.18. The standard InChI is InChI=1S/C26H24N4O/c31-26-22-6-3-7-23-24(22)30(15-13-27-26)25(28-23)20-10-8-18(9-11-20)16-29-14-12-19-4-1-2-5-21(19)17-29/h1-11H,12-17H2,(H,27,31). The molecule has 0 atom stereocenters. The number of para-hydroxylation sites is 1.